The van der Waals surface area contributed by atoms with Crippen molar-refractivity contribution in [2.45, 2.75) is 46.1 Å². The van der Waals surface area contributed by atoms with E-state index >= 15 is 0 Å². The van der Waals surface area contributed by atoms with Crippen LogP contribution in [0.1, 0.15) is 43.5 Å². The molecule has 3 rings (SSSR count). The summed E-state index contributed by atoms with van der Waals surface area (Å²) in [7, 11) is 0. The average Bonchev–Trinajstić information content (AvgIpc) is 2.66. The third-order valence-electron chi connectivity index (χ3n) is 5.56. The van der Waals surface area contributed by atoms with Crippen LogP contribution in [0.2, 0.25) is 0 Å². The number of pyridine rings is 2. The summed E-state index contributed by atoms with van der Waals surface area (Å²) in [4.78, 5) is 35.9. The number of nitrogens with zero attached hydrogens (tertiary/aromatic N) is 3. The van der Waals surface area contributed by atoms with Gasteiger partial charge in [-0.1, -0.05) is 13.0 Å². The van der Waals surface area contributed by atoms with Crippen LogP contribution in [-0.4, -0.2) is 33.2 Å². The molecular weight excluding hydrogens is 354 g/mol. The molecule has 0 aromatic carbocycles. The van der Waals surface area contributed by atoms with Crippen molar-refractivity contribution in [3.63, 3.8) is 0 Å². The molecule has 1 aliphatic rings. The van der Waals surface area contributed by atoms with Crippen LogP contribution in [0.3, 0.4) is 0 Å². The number of amides is 2. The Morgan fingerprint density at radius 3 is 2.64 bits per heavy atom. The Labute approximate surface area is 165 Å². The van der Waals surface area contributed by atoms with Gasteiger partial charge in [-0.2, -0.15) is 0 Å². The van der Waals surface area contributed by atoms with Gasteiger partial charge in [0, 0.05) is 18.4 Å². The zero-order chi connectivity index (χ0) is 20.5. The van der Waals surface area contributed by atoms with E-state index in [0.29, 0.717) is 24.0 Å². The first-order valence-electron chi connectivity index (χ1n) is 9.49. The maximum Gasteiger partial charge on any atom is 0.313 e. The molecule has 7 nitrogen and oxygen atoms in total. The lowest BCUT2D eigenvalue weighted by molar-refractivity contribution is -0.150. The Hall–Kier alpha value is -2.96. The highest BCUT2D eigenvalue weighted by atomic mass is 16.2. The zero-order valence-corrected chi connectivity index (χ0v) is 16.8. The molecule has 7 heteroatoms. The number of likely N-dealkylation sites (tertiary alicyclic amines) is 1. The maximum absolute atomic E-state index is 13.1. The number of piperidine rings is 1. The minimum absolute atomic E-state index is 0.323. The molecule has 3 heterocycles. The number of carbonyl (C=O) groups excluding carboxylic acids is 2. The number of nitrogens with two attached hydrogens (primary N) is 1. The van der Waals surface area contributed by atoms with Gasteiger partial charge in [-0.15, -0.1) is 0 Å². The monoisotopic (exact) mass is 381 g/mol. The second kappa shape index (κ2) is 7.58. The number of hydrogen-bond donors (Lipinski definition) is 2. The van der Waals surface area contributed by atoms with E-state index in [4.69, 9.17) is 5.73 Å². The van der Waals surface area contributed by atoms with Crippen molar-refractivity contribution in [3.05, 3.63) is 47.4 Å². The van der Waals surface area contributed by atoms with Crippen molar-refractivity contribution in [2.24, 2.45) is 5.92 Å². The third kappa shape index (κ3) is 3.83. The number of rotatable bonds is 2. The van der Waals surface area contributed by atoms with Crippen LogP contribution < -0.4 is 11.1 Å². The van der Waals surface area contributed by atoms with Crippen molar-refractivity contribution in [3.8, 4) is 0 Å². The lowest BCUT2D eigenvalue weighted by Crippen LogP contribution is -2.55. The van der Waals surface area contributed by atoms with E-state index in [2.05, 4.69) is 22.2 Å². The van der Waals surface area contributed by atoms with E-state index < -0.39 is 17.4 Å². The molecule has 1 saturated heterocycles. The first-order chi connectivity index (χ1) is 13.2. The SMILES string of the molecule is Cc1ccc([C@]2(C)CC[C@H](C)CN2C(=O)C(=O)Nc2cnc(N)c(C)c2)cn1. The summed E-state index contributed by atoms with van der Waals surface area (Å²) in [5, 5.41) is 2.66. The molecule has 0 radical (unpaired) electrons. The van der Waals surface area contributed by atoms with Gasteiger partial charge < -0.3 is 16.0 Å². The molecular formula is C21H27N5O2. The molecule has 3 N–H and O–H groups in total. The molecule has 2 aromatic rings. The molecule has 0 unspecified atom stereocenters. The van der Waals surface area contributed by atoms with E-state index in [-0.39, 0.29) is 0 Å². The van der Waals surface area contributed by atoms with Gasteiger partial charge in [0.25, 0.3) is 0 Å². The van der Waals surface area contributed by atoms with Crippen molar-refractivity contribution in [2.75, 3.05) is 17.6 Å². The Morgan fingerprint density at radius 2 is 2.00 bits per heavy atom. The fraction of sp³-hybridized carbons (Fsp3) is 0.429. The summed E-state index contributed by atoms with van der Waals surface area (Å²) in [6, 6.07) is 5.63. The Morgan fingerprint density at radius 1 is 1.25 bits per heavy atom. The quantitative estimate of drug-likeness (QED) is 0.779. The average molecular weight is 381 g/mol. The van der Waals surface area contributed by atoms with E-state index in [0.717, 1.165) is 29.7 Å². The van der Waals surface area contributed by atoms with Gasteiger partial charge in [0.1, 0.15) is 5.82 Å². The van der Waals surface area contributed by atoms with Crippen LogP contribution in [0, 0.1) is 19.8 Å². The largest absolute Gasteiger partial charge is 0.383 e. The van der Waals surface area contributed by atoms with Crippen LogP contribution >= 0.6 is 0 Å². The number of carbonyl (C=O) groups is 2. The molecule has 2 aromatic heterocycles. The predicted molar refractivity (Wildman–Crippen MR) is 108 cm³/mol. The predicted octanol–water partition coefficient (Wildman–Crippen LogP) is 2.79. The highest BCUT2D eigenvalue weighted by molar-refractivity contribution is 6.39. The molecule has 2 amide bonds. The number of hydrogen-bond acceptors (Lipinski definition) is 5. The number of aromatic nitrogens is 2. The lowest BCUT2D eigenvalue weighted by Gasteiger charge is -2.46. The Kier molecular flexibility index (Phi) is 5.36. The Balaban J connectivity index is 1.86. The van der Waals surface area contributed by atoms with Gasteiger partial charge >= 0.3 is 11.8 Å². The molecule has 148 valence electrons. The highest BCUT2D eigenvalue weighted by Crippen LogP contribution is 2.39. The molecule has 0 saturated carbocycles. The first kappa shape index (κ1) is 19.8. The number of anilines is 2. The van der Waals surface area contributed by atoms with E-state index in [1.54, 1.807) is 24.1 Å². The molecule has 0 spiro atoms. The van der Waals surface area contributed by atoms with Gasteiger partial charge in [0.15, 0.2) is 0 Å². The standard InChI is InChI=1S/C21H27N5O2/c1-13-7-8-21(4,16-6-5-15(3)23-10-16)26(12-13)20(28)19(27)25-17-9-14(2)18(22)24-11-17/h5-6,9-11,13H,7-8,12H2,1-4H3,(H2,22,24)(H,25,27)/t13-,21-/m0/s1. The van der Waals surface area contributed by atoms with E-state index in [9.17, 15) is 9.59 Å². The first-order valence-corrected chi connectivity index (χ1v) is 9.49. The second-order valence-electron chi connectivity index (χ2n) is 7.90. The number of nitrogen functional groups attached to an aromatic ring is 1. The third-order valence-corrected chi connectivity index (χ3v) is 5.56. The van der Waals surface area contributed by atoms with E-state index in [1.807, 2.05) is 26.0 Å². The van der Waals surface area contributed by atoms with Crippen LogP contribution in [0.4, 0.5) is 11.5 Å². The number of aryl methyl sites for hydroxylation is 2. The van der Waals surface area contributed by atoms with E-state index in [1.165, 1.54) is 6.20 Å². The van der Waals surface area contributed by atoms with Crippen molar-refractivity contribution >= 4 is 23.3 Å². The van der Waals surface area contributed by atoms with Gasteiger partial charge in [0.2, 0.25) is 0 Å². The summed E-state index contributed by atoms with van der Waals surface area (Å²) in [5.74, 6) is -0.507. The lowest BCUT2D eigenvalue weighted by atomic mass is 9.79. The molecule has 1 fully saturated rings. The topological polar surface area (TPSA) is 101 Å². The second-order valence-corrected chi connectivity index (χ2v) is 7.90. The van der Waals surface area contributed by atoms with Crippen LogP contribution in [-0.2, 0) is 15.1 Å². The van der Waals surface area contributed by atoms with Crippen LogP contribution in [0.5, 0.6) is 0 Å². The highest BCUT2D eigenvalue weighted by Gasteiger charge is 2.43. The summed E-state index contributed by atoms with van der Waals surface area (Å²) in [6.45, 7) is 8.35. The maximum atomic E-state index is 13.1. The van der Waals surface area contributed by atoms with Crippen LogP contribution in [0.25, 0.3) is 0 Å². The molecule has 0 aliphatic carbocycles. The fourth-order valence-electron chi connectivity index (χ4n) is 3.62. The Bertz CT molecular complexity index is 896. The van der Waals surface area contributed by atoms with Gasteiger partial charge in [-0.25, -0.2) is 4.98 Å². The van der Waals surface area contributed by atoms with Gasteiger partial charge in [-0.3, -0.25) is 14.6 Å². The van der Waals surface area contributed by atoms with Crippen molar-refractivity contribution < 1.29 is 9.59 Å². The fourth-order valence-corrected chi connectivity index (χ4v) is 3.62. The summed E-state index contributed by atoms with van der Waals surface area (Å²) in [5.41, 5.74) is 8.20. The minimum Gasteiger partial charge on any atom is -0.383 e. The molecule has 2 atom stereocenters. The van der Waals surface area contributed by atoms with Crippen molar-refractivity contribution in [1.29, 1.82) is 0 Å². The smallest absolute Gasteiger partial charge is 0.313 e. The van der Waals surface area contributed by atoms with Crippen LogP contribution in [0.15, 0.2) is 30.6 Å². The minimum atomic E-state index is -0.675. The number of nitrogens with one attached hydrogen (secondary N) is 1. The van der Waals surface area contributed by atoms with Crippen molar-refractivity contribution in [1.82, 2.24) is 14.9 Å². The summed E-state index contributed by atoms with van der Waals surface area (Å²) >= 11 is 0. The normalized spacial score (nSPS) is 22.0. The summed E-state index contributed by atoms with van der Waals surface area (Å²) < 4.78 is 0. The molecule has 0 bridgehead atoms. The zero-order valence-electron chi connectivity index (χ0n) is 16.8. The molecule has 28 heavy (non-hydrogen) atoms. The summed E-state index contributed by atoms with van der Waals surface area (Å²) in [6.07, 6.45) is 5.02. The van der Waals surface area contributed by atoms with Gasteiger partial charge in [0.05, 0.1) is 17.4 Å². The molecule has 1 aliphatic heterocycles. The van der Waals surface area contributed by atoms with Gasteiger partial charge in [-0.05, 0) is 62.8 Å².